The summed E-state index contributed by atoms with van der Waals surface area (Å²) in [6.07, 6.45) is 8.88. The third-order valence-electron chi connectivity index (χ3n) is 17.3. The Morgan fingerprint density at radius 3 is 1.69 bits per heavy atom. The lowest BCUT2D eigenvalue weighted by Gasteiger charge is -2.39. The molecule has 556 valence electrons. The van der Waals surface area contributed by atoms with Gasteiger partial charge in [0.2, 0.25) is 0 Å². The number of ether oxygens (including phenoxy) is 6. The van der Waals surface area contributed by atoms with E-state index in [1.165, 1.54) is 117 Å². The van der Waals surface area contributed by atoms with Crippen molar-refractivity contribution in [3.05, 3.63) is 38.0 Å². The van der Waals surface area contributed by atoms with Crippen LogP contribution >= 0.6 is 40.5 Å². The first-order chi connectivity index (χ1) is 48.0. The van der Waals surface area contributed by atoms with E-state index < -0.39 is 141 Å². The van der Waals surface area contributed by atoms with Crippen molar-refractivity contribution in [3.63, 3.8) is 0 Å². The van der Waals surface area contributed by atoms with Crippen molar-refractivity contribution in [2.45, 2.75) is 196 Å². The lowest BCUT2D eigenvalue weighted by molar-refractivity contribution is -0.164. The van der Waals surface area contributed by atoms with Crippen molar-refractivity contribution in [3.8, 4) is 0 Å². The van der Waals surface area contributed by atoms with Gasteiger partial charge in [-0.3, -0.25) is 45.6 Å². The molecule has 4 aliphatic rings. The molecule has 0 spiro atoms. The van der Waals surface area contributed by atoms with Crippen LogP contribution in [0.3, 0.4) is 0 Å². The second-order valence-corrected chi connectivity index (χ2v) is 33.9. The summed E-state index contributed by atoms with van der Waals surface area (Å²) in [5, 5.41) is 21.4. The number of fused-ring (bicyclic) bond motifs is 4. The Morgan fingerprint density at radius 2 is 1.14 bits per heavy atom. The Labute approximate surface area is 583 Å². The largest absolute Gasteiger partial charge is 0.472 e. The van der Waals surface area contributed by atoms with Gasteiger partial charge in [-0.2, -0.15) is 0 Å². The fourth-order valence-electron chi connectivity index (χ4n) is 12.5. The van der Waals surface area contributed by atoms with Crippen molar-refractivity contribution in [2.24, 2.45) is 0 Å². The summed E-state index contributed by atoms with van der Waals surface area (Å²) < 4.78 is 121. The predicted molar refractivity (Wildman–Crippen MR) is 360 cm³/mol. The van der Waals surface area contributed by atoms with E-state index in [1.54, 1.807) is 0 Å². The van der Waals surface area contributed by atoms with Crippen molar-refractivity contribution < 1.29 is 108 Å². The van der Waals surface area contributed by atoms with Crippen LogP contribution in [0.25, 0.3) is 33.5 Å². The molecular formula is C56H87N15O23P4S2. The molecule has 6 aromatic rings. The van der Waals surface area contributed by atoms with Gasteiger partial charge in [-0.05, 0) is 42.5 Å². The smallest absolute Gasteiger partial charge is 0.465 e. The zero-order chi connectivity index (χ0) is 71.2. The molecule has 4 aliphatic heterocycles. The number of carbonyl (C=O) groups is 1. The Balaban J connectivity index is 0.797. The fraction of sp³-hybridized carbons (Fsp3) is 0.714. The van der Waals surface area contributed by atoms with E-state index in [-0.39, 0.29) is 82.8 Å². The molecule has 4 fully saturated rings. The van der Waals surface area contributed by atoms with E-state index in [9.17, 15) is 43.2 Å². The number of aliphatic hydroxyl groups excluding tert-OH is 2. The second kappa shape index (κ2) is 35.5. The zero-order valence-corrected chi connectivity index (χ0v) is 60.2. The number of hydrogen-bond donors (Lipinski definition) is 9. The summed E-state index contributed by atoms with van der Waals surface area (Å²) in [4.78, 5) is 96.0. The van der Waals surface area contributed by atoms with E-state index in [4.69, 9.17) is 94.2 Å². The maximum absolute atomic E-state index is 14.3. The summed E-state index contributed by atoms with van der Waals surface area (Å²) >= 11 is 6.21. The van der Waals surface area contributed by atoms with Crippen LogP contribution in [-0.2, 0) is 90.4 Å². The number of rotatable bonds is 42. The van der Waals surface area contributed by atoms with Crippen molar-refractivity contribution in [2.75, 3.05) is 76.3 Å². The highest BCUT2D eigenvalue weighted by Gasteiger charge is 2.61. The van der Waals surface area contributed by atoms with Crippen molar-refractivity contribution in [1.82, 2.24) is 58.6 Å². The van der Waals surface area contributed by atoms with Crippen LogP contribution in [0.1, 0.15) is 141 Å². The topological polar surface area (TPSA) is 519 Å². The van der Waals surface area contributed by atoms with Crippen LogP contribution in [0, 0.1) is 0 Å². The minimum atomic E-state index is -5.41. The highest BCUT2D eigenvalue weighted by atomic mass is 32.7. The summed E-state index contributed by atoms with van der Waals surface area (Å²) in [5.74, 6) is -0.609. The number of phosphoric acid groups is 2. The van der Waals surface area contributed by atoms with E-state index in [2.05, 4.69) is 51.8 Å². The third-order valence-corrected chi connectivity index (χ3v) is 23.8. The molecule has 38 nitrogen and oxygen atoms in total. The van der Waals surface area contributed by atoms with Gasteiger partial charge in [-0.25, -0.2) is 58.6 Å². The molecule has 0 saturated carbocycles. The molecule has 0 radical (unpaired) electrons. The summed E-state index contributed by atoms with van der Waals surface area (Å²) in [6, 6.07) is 0. The molecule has 6 aromatic heterocycles. The van der Waals surface area contributed by atoms with Gasteiger partial charge in [0.1, 0.15) is 96.6 Å². The highest BCUT2D eigenvalue weighted by molar-refractivity contribution is 8.54. The molecule has 12 N–H and O–H groups in total. The number of anilines is 3. The third kappa shape index (κ3) is 19.7. The highest BCUT2D eigenvalue weighted by Crippen LogP contribution is 2.62. The number of nitrogens with zero attached hydrogens (tertiary/aromatic N) is 12. The second-order valence-electron chi connectivity index (χ2n) is 24.3. The molecule has 100 heavy (non-hydrogen) atoms. The fourth-order valence-corrected chi connectivity index (χ4v) is 17.9. The summed E-state index contributed by atoms with van der Waals surface area (Å²) in [5.41, 5.74) is 17.3. The number of methoxy groups -OCH3 is 1. The van der Waals surface area contributed by atoms with Gasteiger partial charge in [0.25, 0.3) is 0 Å². The molecule has 4 saturated heterocycles. The zero-order valence-electron chi connectivity index (χ0n) is 55.0. The molecule has 0 aromatic carbocycles. The number of aromatic nitrogens is 12. The summed E-state index contributed by atoms with van der Waals surface area (Å²) in [7, 11) is -9.02. The van der Waals surface area contributed by atoms with Gasteiger partial charge in [-0.15, -0.1) is 0 Å². The van der Waals surface area contributed by atoms with Gasteiger partial charge in [0, 0.05) is 25.9 Å². The van der Waals surface area contributed by atoms with Gasteiger partial charge in [0.05, 0.1) is 52.0 Å². The quantitative estimate of drug-likeness (QED) is 0.0118. The number of aliphatic hydroxyl groups is 2. The molecule has 16 atom stereocenters. The van der Waals surface area contributed by atoms with Crippen molar-refractivity contribution in [1.29, 1.82) is 0 Å². The maximum Gasteiger partial charge on any atom is 0.472 e. The van der Waals surface area contributed by atoms with Crippen LogP contribution in [-0.4, -0.2) is 208 Å². The van der Waals surface area contributed by atoms with E-state index in [0.29, 0.717) is 24.2 Å². The van der Waals surface area contributed by atoms with Gasteiger partial charge < -0.3 is 79.9 Å². The first kappa shape index (κ1) is 78.1. The number of esters is 1. The van der Waals surface area contributed by atoms with Crippen LogP contribution in [0.2, 0.25) is 0 Å². The normalized spacial score (nSPS) is 27.2. The Hall–Kier alpha value is -4.51. The molecule has 7 unspecified atom stereocenters. The number of nitrogen functional groups attached to an aromatic ring is 3. The van der Waals surface area contributed by atoms with Gasteiger partial charge in [0.15, 0.2) is 53.1 Å². The average Bonchev–Trinajstić information content (AvgIpc) is 1.58. The monoisotopic (exact) mass is 1530 g/mol. The Kier molecular flexibility index (Phi) is 27.7. The minimum absolute atomic E-state index is 0.0178. The lowest BCUT2D eigenvalue weighted by atomic mass is 9.89. The minimum Gasteiger partial charge on any atom is -0.465 e. The Bertz CT molecular complexity index is 3870. The van der Waals surface area contributed by atoms with Crippen LogP contribution in [0.15, 0.2) is 38.0 Å². The first-order valence-electron chi connectivity index (χ1n) is 32.9. The predicted octanol–water partition coefficient (Wildman–Crippen LogP) is 6.14. The maximum atomic E-state index is 14.3. The number of carbonyl (C=O) groups excluding carboxylic acids is 1. The molecular weight excluding hydrogens is 1440 g/mol. The van der Waals surface area contributed by atoms with E-state index in [0.717, 1.165) is 31.9 Å². The van der Waals surface area contributed by atoms with Crippen molar-refractivity contribution >= 4 is 109 Å². The average molecular weight is 1530 g/mol. The molecule has 10 rings (SSSR count). The number of nitrogens with two attached hydrogens (primary N) is 3. The van der Waals surface area contributed by atoms with E-state index in [1.807, 2.05) is 0 Å². The first-order valence-corrected chi connectivity index (χ1v) is 41.7. The number of unbranched alkanes of at least 4 members (excludes halogenated alkanes) is 14. The molecule has 44 heteroatoms. The number of imidazole rings is 3. The standard InChI is InChI=1S/C56H87N15O23P4S2/c1-3-4-5-6-7-8-9-10-11-12-13-14-15-16-17-19-37(73)83-24-25-100-97(79,80)93-45-46-56(20-18-22-84-46,91-55(45)71-34-68-40-49(59)62-31-65-52(40)71)28-88-98(81,99)94-43-41(74)35(89-53(43)69-32-66-38-47(57)60-29-63-50(38)69)26-87-96(77,78)92-44-42(82-2)36(27-86-95(75,76)85-23-21-72)90-54(44)70-33-67-39-48(58)61-30-64-51(39)70/h29-36,41-46,53-55,72,74H,3-28H2,1-2H3,(H,75,76)(H,77,78)(H,79,80)(H,81,99)(H2,57,60,63)(H2,58,61,64)(H2,59,62,65)/t35-,36-,41+,42+,43?,44?,45?,46-,53-,54-,55-,56-,98?/m1/s1. The van der Waals surface area contributed by atoms with E-state index >= 15 is 0 Å². The number of phosphoric ester groups is 2. The van der Waals surface area contributed by atoms with Gasteiger partial charge in [-0.1, -0.05) is 96.8 Å². The van der Waals surface area contributed by atoms with Crippen LogP contribution < -0.4 is 17.2 Å². The van der Waals surface area contributed by atoms with Crippen LogP contribution in [0.4, 0.5) is 17.5 Å². The molecule has 0 bridgehead atoms. The molecule has 10 heterocycles. The molecule has 0 amide bonds. The van der Waals surface area contributed by atoms with Crippen LogP contribution in [0.5, 0.6) is 0 Å². The lowest BCUT2D eigenvalue weighted by Crippen LogP contribution is -2.51. The number of hydrogen-bond acceptors (Lipinski definition) is 33. The SMILES string of the molecule is CCCCCCCCCCCCCCCCCC(=O)OCCSP(=O)(O)OC1[C@H](n2cnc3c(N)ncnc32)O[C@@]2(COP(O)(=S)OC3[C@@H](O)[C@@H](COP(=O)(O)OC4[C@@H](OC)[C@@H](COP(=O)(O)OCCO)O[C@H]4n4cnc5c(N)ncnc54)O[C@H]3n3cnc4c(N)ncnc43)CCCO[C@H]12. The molecule has 0 aliphatic carbocycles. The summed E-state index contributed by atoms with van der Waals surface area (Å²) in [6.45, 7) is -10.7. The Morgan fingerprint density at radius 1 is 0.630 bits per heavy atom. The van der Waals surface area contributed by atoms with Gasteiger partial charge >= 0.3 is 35.1 Å².